The van der Waals surface area contributed by atoms with Gasteiger partial charge in [0, 0.05) is 6.54 Å². The molecule has 116 valence electrons. The molecular weight excluding hydrogens is 262 g/mol. The highest BCUT2D eigenvalue weighted by Gasteiger charge is 2.32. The minimum absolute atomic E-state index is 0.241. The Bertz CT molecular complexity index is 492. The van der Waals surface area contributed by atoms with Crippen molar-refractivity contribution in [3.63, 3.8) is 0 Å². The number of aromatic hydroxyl groups is 1. The van der Waals surface area contributed by atoms with Gasteiger partial charge in [0.05, 0.1) is 6.10 Å². The van der Waals surface area contributed by atoms with E-state index in [1.54, 1.807) is 6.07 Å². The number of piperidine rings is 1. The minimum atomic E-state index is 0.241. The molecule has 3 rings (SSSR count). The van der Waals surface area contributed by atoms with Gasteiger partial charge in [0.2, 0.25) is 0 Å². The Hall–Kier alpha value is -1.22. The minimum Gasteiger partial charge on any atom is -0.504 e. The van der Waals surface area contributed by atoms with Gasteiger partial charge >= 0.3 is 0 Å². The van der Waals surface area contributed by atoms with Gasteiger partial charge < -0.3 is 15.2 Å². The van der Waals surface area contributed by atoms with Crippen molar-refractivity contribution in [2.45, 2.75) is 58.0 Å². The molecule has 1 saturated carbocycles. The summed E-state index contributed by atoms with van der Waals surface area (Å²) in [7, 11) is 0. The summed E-state index contributed by atoms with van der Waals surface area (Å²) in [6.07, 6.45) is 6.03. The third kappa shape index (κ3) is 3.52. The van der Waals surface area contributed by atoms with Crippen LogP contribution in [0.5, 0.6) is 11.5 Å². The molecule has 1 aromatic rings. The lowest BCUT2D eigenvalue weighted by atomic mass is 9.91. The van der Waals surface area contributed by atoms with Crippen LogP contribution in [-0.4, -0.2) is 24.3 Å². The van der Waals surface area contributed by atoms with Crippen molar-refractivity contribution < 1.29 is 9.84 Å². The monoisotopic (exact) mass is 289 g/mol. The molecule has 2 aliphatic rings. The number of phenols is 1. The number of rotatable bonds is 3. The first-order chi connectivity index (χ1) is 10.0. The largest absolute Gasteiger partial charge is 0.504 e. The van der Waals surface area contributed by atoms with Crippen molar-refractivity contribution in [1.82, 2.24) is 5.32 Å². The standard InChI is InChI=1S/C18H27NO2/c1-18(2)8-7-15(11-18)21-17-10-13(5-6-16(17)20)14-4-3-9-19-12-14/h5-6,10,14-15,19-20H,3-4,7-9,11-12H2,1-2H3. The SMILES string of the molecule is CC1(C)CCC(Oc2cc(C3CCCNC3)ccc2O)C1. The first-order valence-corrected chi connectivity index (χ1v) is 8.24. The zero-order valence-electron chi connectivity index (χ0n) is 13.2. The van der Waals surface area contributed by atoms with Crippen LogP contribution in [0.1, 0.15) is 57.4 Å². The van der Waals surface area contributed by atoms with Gasteiger partial charge in [-0.25, -0.2) is 0 Å². The van der Waals surface area contributed by atoms with Gasteiger partial charge in [-0.3, -0.25) is 0 Å². The van der Waals surface area contributed by atoms with Crippen LogP contribution in [0, 0.1) is 5.41 Å². The summed E-state index contributed by atoms with van der Waals surface area (Å²) in [5.74, 6) is 1.48. The van der Waals surface area contributed by atoms with E-state index in [4.69, 9.17) is 4.74 Å². The van der Waals surface area contributed by atoms with Crippen molar-refractivity contribution in [1.29, 1.82) is 0 Å². The van der Waals surface area contributed by atoms with Crippen LogP contribution in [0.2, 0.25) is 0 Å². The number of hydrogen-bond donors (Lipinski definition) is 2. The van der Waals surface area contributed by atoms with E-state index in [9.17, 15) is 5.11 Å². The number of benzene rings is 1. The molecule has 3 nitrogen and oxygen atoms in total. The maximum absolute atomic E-state index is 10.1. The Morgan fingerprint density at radius 3 is 2.81 bits per heavy atom. The molecule has 2 fully saturated rings. The highest BCUT2D eigenvalue weighted by Crippen LogP contribution is 2.41. The van der Waals surface area contributed by atoms with Gasteiger partial charge in [0.25, 0.3) is 0 Å². The van der Waals surface area contributed by atoms with Crippen LogP contribution >= 0.6 is 0 Å². The van der Waals surface area contributed by atoms with Crippen LogP contribution in [0.25, 0.3) is 0 Å². The fraction of sp³-hybridized carbons (Fsp3) is 0.667. The number of hydrogen-bond acceptors (Lipinski definition) is 3. The van der Waals surface area contributed by atoms with Crippen LogP contribution in [-0.2, 0) is 0 Å². The molecule has 1 heterocycles. The lowest BCUT2D eigenvalue weighted by Gasteiger charge is -2.24. The number of ether oxygens (including phenoxy) is 1. The first kappa shape index (κ1) is 14.7. The van der Waals surface area contributed by atoms with Crippen molar-refractivity contribution in [3.05, 3.63) is 23.8 Å². The molecule has 2 N–H and O–H groups in total. The molecule has 0 aromatic heterocycles. The molecule has 0 bridgehead atoms. The van der Waals surface area contributed by atoms with Gasteiger partial charge in [0.15, 0.2) is 11.5 Å². The zero-order chi connectivity index (χ0) is 14.9. The predicted molar refractivity (Wildman–Crippen MR) is 85.0 cm³/mol. The van der Waals surface area contributed by atoms with Crippen molar-refractivity contribution >= 4 is 0 Å². The molecule has 0 spiro atoms. The Morgan fingerprint density at radius 1 is 1.29 bits per heavy atom. The van der Waals surface area contributed by atoms with Gasteiger partial charge in [-0.2, -0.15) is 0 Å². The first-order valence-electron chi connectivity index (χ1n) is 8.24. The van der Waals surface area contributed by atoms with Gasteiger partial charge in [-0.1, -0.05) is 19.9 Å². The van der Waals surface area contributed by atoms with Gasteiger partial charge in [-0.15, -0.1) is 0 Å². The molecule has 1 aliphatic carbocycles. The molecule has 0 amide bonds. The highest BCUT2D eigenvalue weighted by molar-refractivity contribution is 5.43. The van der Waals surface area contributed by atoms with Crippen LogP contribution in [0.15, 0.2) is 18.2 Å². The van der Waals surface area contributed by atoms with Crippen molar-refractivity contribution in [3.8, 4) is 11.5 Å². The van der Waals surface area contributed by atoms with E-state index >= 15 is 0 Å². The fourth-order valence-corrected chi connectivity index (χ4v) is 3.67. The summed E-state index contributed by atoms with van der Waals surface area (Å²) < 4.78 is 6.10. The van der Waals surface area contributed by atoms with Crippen molar-refractivity contribution in [2.24, 2.45) is 5.41 Å². The van der Waals surface area contributed by atoms with E-state index < -0.39 is 0 Å². The maximum Gasteiger partial charge on any atom is 0.161 e. The Kier molecular flexibility index (Phi) is 4.12. The second kappa shape index (κ2) is 5.88. The molecular formula is C18H27NO2. The summed E-state index contributed by atoms with van der Waals surface area (Å²) in [6.45, 7) is 6.73. The van der Waals surface area contributed by atoms with E-state index in [0.29, 0.717) is 17.1 Å². The fourth-order valence-electron chi connectivity index (χ4n) is 3.67. The smallest absolute Gasteiger partial charge is 0.161 e. The second-order valence-electron chi connectivity index (χ2n) is 7.42. The zero-order valence-corrected chi connectivity index (χ0v) is 13.2. The van der Waals surface area contributed by atoms with Gasteiger partial charge in [-0.05, 0) is 67.7 Å². The Balaban J connectivity index is 1.72. The van der Waals surface area contributed by atoms with Crippen molar-refractivity contribution in [2.75, 3.05) is 13.1 Å². The Morgan fingerprint density at radius 2 is 2.14 bits per heavy atom. The van der Waals surface area contributed by atoms with E-state index in [2.05, 4.69) is 25.2 Å². The van der Waals surface area contributed by atoms with E-state index in [0.717, 1.165) is 25.9 Å². The molecule has 3 heteroatoms. The third-order valence-corrected chi connectivity index (χ3v) is 4.97. The topological polar surface area (TPSA) is 41.5 Å². The lowest BCUT2D eigenvalue weighted by Crippen LogP contribution is -2.28. The summed E-state index contributed by atoms with van der Waals surface area (Å²) in [4.78, 5) is 0. The van der Waals surface area contributed by atoms with E-state index in [1.807, 2.05) is 6.07 Å². The second-order valence-corrected chi connectivity index (χ2v) is 7.42. The third-order valence-electron chi connectivity index (χ3n) is 4.97. The summed E-state index contributed by atoms with van der Waals surface area (Å²) >= 11 is 0. The number of phenolic OH excluding ortho intramolecular Hbond substituents is 1. The normalized spacial score (nSPS) is 28.5. The molecule has 0 radical (unpaired) electrons. The quantitative estimate of drug-likeness (QED) is 0.889. The van der Waals surface area contributed by atoms with Crippen LogP contribution < -0.4 is 10.1 Å². The lowest BCUT2D eigenvalue weighted by molar-refractivity contribution is 0.186. The molecule has 1 aromatic carbocycles. The van der Waals surface area contributed by atoms with Crippen LogP contribution in [0.3, 0.4) is 0 Å². The van der Waals surface area contributed by atoms with Crippen LogP contribution in [0.4, 0.5) is 0 Å². The highest BCUT2D eigenvalue weighted by atomic mass is 16.5. The molecule has 2 atom stereocenters. The average Bonchev–Trinajstić information content (AvgIpc) is 2.81. The number of nitrogens with one attached hydrogen (secondary N) is 1. The van der Waals surface area contributed by atoms with E-state index in [-0.39, 0.29) is 11.9 Å². The van der Waals surface area contributed by atoms with E-state index in [1.165, 1.54) is 24.8 Å². The Labute approximate surface area is 127 Å². The molecule has 1 saturated heterocycles. The maximum atomic E-state index is 10.1. The summed E-state index contributed by atoms with van der Waals surface area (Å²) in [5.41, 5.74) is 1.65. The molecule has 21 heavy (non-hydrogen) atoms. The average molecular weight is 289 g/mol. The summed E-state index contributed by atoms with van der Waals surface area (Å²) in [5, 5.41) is 13.5. The molecule has 2 unspecified atom stereocenters. The van der Waals surface area contributed by atoms with Gasteiger partial charge in [0.1, 0.15) is 0 Å². The predicted octanol–water partition coefficient (Wildman–Crippen LogP) is 3.82. The summed E-state index contributed by atoms with van der Waals surface area (Å²) in [6, 6.07) is 5.89. The molecule has 1 aliphatic heterocycles.